The SMILES string of the molecule is CC1(NCc2cc(Br)cs2)CCN(C(=O)OC(C)(C)C)CC1. The number of piperidine rings is 1. The first-order valence-electron chi connectivity index (χ1n) is 7.63. The summed E-state index contributed by atoms with van der Waals surface area (Å²) in [5.74, 6) is 0. The molecule has 2 heterocycles. The van der Waals surface area contributed by atoms with Crippen molar-refractivity contribution in [2.75, 3.05) is 13.1 Å². The van der Waals surface area contributed by atoms with Crippen molar-refractivity contribution in [3.05, 3.63) is 20.8 Å². The summed E-state index contributed by atoms with van der Waals surface area (Å²) >= 11 is 5.24. The van der Waals surface area contributed by atoms with Gasteiger partial charge in [0.1, 0.15) is 5.60 Å². The lowest BCUT2D eigenvalue weighted by Gasteiger charge is -2.40. The quantitative estimate of drug-likeness (QED) is 0.834. The zero-order valence-corrected chi connectivity index (χ0v) is 16.1. The maximum absolute atomic E-state index is 12.1. The van der Waals surface area contributed by atoms with E-state index in [1.807, 2.05) is 25.7 Å². The third kappa shape index (κ3) is 5.25. The zero-order valence-electron chi connectivity index (χ0n) is 13.7. The highest BCUT2D eigenvalue weighted by atomic mass is 79.9. The smallest absolute Gasteiger partial charge is 0.410 e. The number of hydrogen-bond acceptors (Lipinski definition) is 4. The molecule has 1 aliphatic rings. The van der Waals surface area contributed by atoms with E-state index in [0.29, 0.717) is 0 Å². The maximum atomic E-state index is 12.1. The van der Waals surface area contributed by atoms with Crippen LogP contribution >= 0.6 is 27.3 Å². The highest BCUT2D eigenvalue weighted by Crippen LogP contribution is 2.25. The number of nitrogens with zero attached hydrogens (tertiary/aromatic N) is 1. The van der Waals surface area contributed by atoms with Gasteiger partial charge in [0.15, 0.2) is 0 Å². The van der Waals surface area contributed by atoms with Crippen LogP contribution in [0.5, 0.6) is 0 Å². The third-order valence-corrected chi connectivity index (χ3v) is 5.53. The Bertz CT molecular complexity index is 516. The monoisotopic (exact) mass is 388 g/mol. The lowest BCUT2D eigenvalue weighted by Crippen LogP contribution is -2.52. The molecule has 6 heteroatoms. The first-order chi connectivity index (χ1) is 10.2. The normalized spacial score (nSPS) is 18.3. The van der Waals surface area contributed by atoms with Crippen LogP contribution in [-0.2, 0) is 11.3 Å². The molecular formula is C16H25BrN2O2S. The van der Waals surface area contributed by atoms with E-state index in [4.69, 9.17) is 4.74 Å². The van der Waals surface area contributed by atoms with Crippen LogP contribution in [0, 0.1) is 0 Å². The molecule has 0 aliphatic carbocycles. The Kier molecular flexibility index (Phi) is 5.56. The van der Waals surface area contributed by atoms with Gasteiger partial charge in [-0.2, -0.15) is 0 Å². The molecule has 1 saturated heterocycles. The van der Waals surface area contributed by atoms with E-state index >= 15 is 0 Å². The molecule has 2 rings (SSSR count). The first-order valence-corrected chi connectivity index (χ1v) is 9.30. The molecule has 22 heavy (non-hydrogen) atoms. The lowest BCUT2D eigenvalue weighted by molar-refractivity contribution is 0.0157. The number of halogens is 1. The average Bonchev–Trinajstić information content (AvgIpc) is 2.81. The summed E-state index contributed by atoms with van der Waals surface area (Å²) in [6.07, 6.45) is 1.69. The van der Waals surface area contributed by atoms with Crippen molar-refractivity contribution in [2.45, 2.75) is 58.2 Å². The van der Waals surface area contributed by atoms with Crippen LogP contribution in [0.2, 0.25) is 0 Å². The number of amides is 1. The van der Waals surface area contributed by atoms with Crippen molar-refractivity contribution in [1.82, 2.24) is 10.2 Å². The van der Waals surface area contributed by atoms with Gasteiger partial charge in [0, 0.05) is 39.9 Å². The van der Waals surface area contributed by atoms with Crippen molar-refractivity contribution >= 4 is 33.4 Å². The number of nitrogens with one attached hydrogen (secondary N) is 1. The topological polar surface area (TPSA) is 41.6 Å². The Morgan fingerprint density at radius 2 is 2.09 bits per heavy atom. The van der Waals surface area contributed by atoms with Gasteiger partial charge < -0.3 is 15.0 Å². The largest absolute Gasteiger partial charge is 0.444 e. The Labute approximate surface area is 145 Å². The number of rotatable bonds is 3. The van der Waals surface area contributed by atoms with Gasteiger partial charge in [-0.25, -0.2) is 4.79 Å². The van der Waals surface area contributed by atoms with Crippen LogP contribution in [0.4, 0.5) is 4.79 Å². The summed E-state index contributed by atoms with van der Waals surface area (Å²) in [5, 5.41) is 5.75. The molecule has 124 valence electrons. The molecule has 0 bridgehead atoms. The van der Waals surface area contributed by atoms with E-state index in [1.54, 1.807) is 11.3 Å². The van der Waals surface area contributed by atoms with E-state index in [0.717, 1.165) is 36.9 Å². The van der Waals surface area contributed by atoms with Gasteiger partial charge >= 0.3 is 6.09 Å². The van der Waals surface area contributed by atoms with Crippen LogP contribution < -0.4 is 5.32 Å². The summed E-state index contributed by atoms with van der Waals surface area (Å²) in [6, 6.07) is 2.15. The second-order valence-electron chi connectivity index (χ2n) is 7.11. The fourth-order valence-electron chi connectivity index (χ4n) is 2.43. The minimum absolute atomic E-state index is 0.0784. The second kappa shape index (κ2) is 6.89. The predicted molar refractivity (Wildman–Crippen MR) is 94.3 cm³/mol. The number of hydrogen-bond donors (Lipinski definition) is 1. The molecule has 1 aromatic rings. The Hall–Kier alpha value is -0.590. The van der Waals surface area contributed by atoms with Crippen molar-refractivity contribution in [2.24, 2.45) is 0 Å². The standard InChI is InChI=1S/C16H25BrN2O2S/c1-15(2,3)21-14(20)19-7-5-16(4,6-8-19)18-10-13-9-12(17)11-22-13/h9,11,18H,5-8,10H2,1-4H3. The fraction of sp³-hybridized carbons (Fsp3) is 0.688. The molecule has 1 N–H and O–H groups in total. The van der Waals surface area contributed by atoms with Crippen LogP contribution in [0.15, 0.2) is 15.9 Å². The number of carbonyl (C=O) groups is 1. The average molecular weight is 389 g/mol. The maximum Gasteiger partial charge on any atom is 0.410 e. The minimum Gasteiger partial charge on any atom is -0.444 e. The van der Waals surface area contributed by atoms with Crippen molar-refractivity contribution in [3.8, 4) is 0 Å². The minimum atomic E-state index is -0.428. The van der Waals surface area contributed by atoms with Crippen molar-refractivity contribution in [1.29, 1.82) is 0 Å². The summed E-state index contributed by atoms with van der Waals surface area (Å²) in [4.78, 5) is 15.2. The molecule has 0 atom stereocenters. The molecule has 0 saturated carbocycles. The van der Waals surface area contributed by atoms with Gasteiger partial charge in [0.25, 0.3) is 0 Å². The molecule has 0 radical (unpaired) electrons. The van der Waals surface area contributed by atoms with Crippen LogP contribution in [0.25, 0.3) is 0 Å². The van der Waals surface area contributed by atoms with E-state index in [1.165, 1.54) is 4.88 Å². The van der Waals surface area contributed by atoms with E-state index in [9.17, 15) is 4.79 Å². The Morgan fingerprint density at radius 1 is 1.45 bits per heavy atom. The molecular weight excluding hydrogens is 364 g/mol. The van der Waals surface area contributed by atoms with Crippen LogP contribution in [0.1, 0.15) is 45.4 Å². The fourth-order valence-corrected chi connectivity index (χ4v) is 3.82. The highest BCUT2D eigenvalue weighted by molar-refractivity contribution is 9.10. The van der Waals surface area contributed by atoms with E-state index in [-0.39, 0.29) is 11.6 Å². The first kappa shape index (κ1) is 17.8. The van der Waals surface area contributed by atoms with Gasteiger partial charge in [-0.05, 0) is 62.5 Å². The number of likely N-dealkylation sites (tertiary alicyclic amines) is 1. The van der Waals surface area contributed by atoms with E-state index < -0.39 is 5.60 Å². The van der Waals surface area contributed by atoms with Crippen LogP contribution in [-0.4, -0.2) is 35.2 Å². The van der Waals surface area contributed by atoms with Crippen molar-refractivity contribution in [3.63, 3.8) is 0 Å². The van der Waals surface area contributed by atoms with Crippen molar-refractivity contribution < 1.29 is 9.53 Å². The summed E-state index contributed by atoms with van der Waals surface area (Å²) in [7, 11) is 0. The molecule has 0 unspecified atom stereocenters. The van der Waals surface area contributed by atoms with Gasteiger partial charge in [-0.15, -0.1) is 11.3 Å². The molecule has 1 fully saturated rings. The van der Waals surface area contributed by atoms with Gasteiger partial charge in [0.2, 0.25) is 0 Å². The molecule has 1 aromatic heterocycles. The third-order valence-electron chi connectivity index (χ3n) is 3.83. The number of carbonyl (C=O) groups excluding carboxylic acids is 1. The lowest BCUT2D eigenvalue weighted by atomic mass is 9.89. The molecule has 1 amide bonds. The second-order valence-corrected chi connectivity index (χ2v) is 9.02. The molecule has 0 spiro atoms. The Morgan fingerprint density at radius 3 is 2.59 bits per heavy atom. The Balaban J connectivity index is 1.81. The van der Waals surface area contributed by atoms with Gasteiger partial charge in [-0.3, -0.25) is 0 Å². The summed E-state index contributed by atoms with van der Waals surface area (Å²) < 4.78 is 6.58. The summed E-state index contributed by atoms with van der Waals surface area (Å²) in [5.41, 5.74) is -0.350. The number of thiophene rings is 1. The van der Waals surface area contributed by atoms with Gasteiger partial charge in [0.05, 0.1) is 0 Å². The molecule has 0 aromatic carbocycles. The van der Waals surface area contributed by atoms with E-state index in [2.05, 4.69) is 39.6 Å². The number of ether oxygens (including phenoxy) is 1. The predicted octanol–water partition coefficient (Wildman–Crippen LogP) is 4.39. The van der Waals surface area contributed by atoms with Gasteiger partial charge in [-0.1, -0.05) is 0 Å². The molecule has 4 nitrogen and oxygen atoms in total. The van der Waals surface area contributed by atoms with Crippen LogP contribution in [0.3, 0.4) is 0 Å². The summed E-state index contributed by atoms with van der Waals surface area (Å²) in [6.45, 7) is 10.3. The highest BCUT2D eigenvalue weighted by Gasteiger charge is 2.33. The zero-order chi connectivity index (χ0) is 16.4. The molecule has 1 aliphatic heterocycles.